The molecule has 0 aliphatic rings. The maximum atomic E-state index is 13.3. The third kappa shape index (κ3) is 3.04. The minimum atomic E-state index is -0.591. The molecule has 1 heterocycles. The summed E-state index contributed by atoms with van der Waals surface area (Å²) in [6.45, 7) is 0.664. The molecule has 1 aromatic carbocycles. The van der Waals surface area contributed by atoms with Gasteiger partial charge in [0.1, 0.15) is 11.6 Å². The summed E-state index contributed by atoms with van der Waals surface area (Å²) in [6.07, 6.45) is 3.29. The van der Waals surface area contributed by atoms with Gasteiger partial charge in [-0.05, 0) is 6.07 Å². The van der Waals surface area contributed by atoms with Gasteiger partial charge in [0.05, 0.1) is 25.0 Å². The first kappa shape index (κ1) is 12.5. The molecule has 2 rings (SSSR count). The van der Waals surface area contributed by atoms with Gasteiger partial charge in [0.2, 0.25) is 0 Å². The van der Waals surface area contributed by atoms with E-state index >= 15 is 0 Å². The van der Waals surface area contributed by atoms with Gasteiger partial charge in [-0.3, -0.25) is 4.68 Å². The molecule has 0 aliphatic heterocycles. The number of nitrogens with zero attached hydrogens (tertiary/aromatic N) is 2. The molecule has 1 aromatic heterocycles. The van der Waals surface area contributed by atoms with Gasteiger partial charge in [-0.15, -0.1) is 0 Å². The first-order valence-electron chi connectivity index (χ1n) is 5.50. The van der Waals surface area contributed by atoms with E-state index in [0.29, 0.717) is 17.8 Å². The molecule has 0 fully saturated rings. The molecule has 0 radical (unpaired) electrons. The molecule has 0 atom stereocenters. The van der Waals surface area contributed by atoms with E-state index in [0.717, 1.165) is 6.07 Å². The van der Waals surface area contributed by atoms with Gasteiger partial charge < -0.3 is 10.4 Å². The smallest absolute Gasteiger partial charge is 0.131 e. The molecule has 0 saturated carbocycles. The van der Waals surface area contributed by atoms with Gasteiger partial charge in [0, 0.05) is 24.4 Å². The van der Waals surface area contributed by atoms with Gasteiger partial charge in [-0.1, -0.05) is 6.07 Å². The van der Waals surface area contributed by atoms with Gasteiger partial charge in [-0.2, -0.15) is 5.10 Å². The monoisotopic (exact) mass is 253 g/mol. The highest BCUT2D eigenvalue weighted by atomic mass is 19.1. The Morgan fingerprint density at radius 2 is 2.17 bits per heavy atom. The molecule has 2 aromatic rings. The Hall–Kier alpha value is -1.95. The predicted octanol–water partition coefficient (Wildman–Crippen LogP) is 1.77. The molecular weight excluding hydrogens is 240 g/mol. The predicted molar refractivity (Wildman–Crippen MR) is 63.0 cm³/mol. The number of aromatic nitrogens is 2. The zero-order chi connectivity index (χ0) is 13.0. The normalized spacial score (nSPS) is 10.6. The van der Waals surface area contributed by atoms with Gasteiger partial charge in [0.15, 0.2) is 0 Å². The van der Waals surface area contributed by atoms with Crippen LogP contribution in [0.2, 0.25) is 0 Å². The van der Waals surface area contributed by atoms with Crippen molar-refractivity contribution in [2.24, 2.45) is 0 Å². The molecule has 4 nitrogen and oxygen atoms in total. The second kappa shape index (κ2) is 5.59. The fourth-order valence-corrected chi connectivity index (χ4v) is 1.54. The van der Waals surface area contributed by atoms with Crippen molar-refractivity contribution in [3.05, 3.63) is 47.8 Å². The van der Waals surface area contributed by atoms with Crippen LogP contribution in [0.1, 0.15) is 5.56 Å². The number of hydrogen-bond acceptors (Lipinski definition) is 3. The molecule has 0 bridgehead atoms. The lowest BCUT2D eigenvalue weighted by atomic mass is 10.2. The van der Waals surface area contributed by atoms with E-state index in [2.05, 4.69) is 10.4 Å². The lowest BCUT2D eigenvalue weighted by Crippen LogP contribution is -2.03. The number of nitrogens with one attached hydrogen (secondary N) is 1. The Kier molecular flexibility index (Phi) is 3.88. The standard InChI is InChI=1S/C12H13F2N3O/c13-10-2-1-9(12(14)5-10)6-15-11-7-16-17(8-11)3-4-18/h1-2,5,7-8,15,18H,3-4,6H2. The quantitative estimate of drug-likeness (QED) is 0.853. The van der Waals surface area contributed by atoms with Crippen LogP contribution >= 0.6 is 0 Å². The minimum absolute atomic E-state index is 0.00765. The van der Waals surface area contributed by atoms with Crippen molar-refractivity contribution in [1.29, 1.82) is 0 Å². The summed E-state index contributed by atoms with van der Waals surface area (Å²) in [5, 5.41) is 15.7. The fraction of sp³-hybridized carbons (Fsp3) is 0.250. The second-order valence-electron chi connectivity index (χ2n) is 3.80. The Labute approximate surface area is 103 Å². The van der Waals surface area contributed by atoms with Crippen molar-refractivity contribution in [3.8, 4) is 0 Å². The van der Waals surface area contributed by atoms with Crippen LogP contribution in [0.5, 0.6) is 0 Å². The topological polar surface area (TPSA) is 50.1 Å². The Balaban J connectivity index is 1.97. The summed E-state index contributed by atoms with van der Waals surface area (Å²) in [6, 6.07) is 3.47. The van der Waals surface area contributed by atoms with E-state index < -0.39 is 11.6 Å². The van der Waals surface area contributed by atoms with Crippen LogP contribution in [0.3, 0.4) is 0 Å². The summed E-state index contributed by atoms with van der Waals surface area (Å²) >= 11 is 0. The van der Waals surface area contributed by atoms with Crippen molar-refractivity contribution >= 4 is 5.69 Å². The molecule has 0 saturated heterocycles. The van der Waals surface area contributed by atoms with Crippen LogP contribution in [0.25, 0.3) is 0 Å². The molecule has 0 unspecified atom stereocenters. The number of halogens is 2. The number of hydrogen-bond donors (Lipinski definition) is 2. The molecule has 0 amide bonds. The lowest BCUT2D eigenvalue weighted by Gasteiger charge is -2.05. The first-order chi connectivity index (χ1) is 8.69. The highest BCUT2D eigenvalue weighted by molar-refractivity contribution is 5.39. The largest absolute Gasteiger partial charge is 0.394 e. The molecule has 18 heavy (non-hydrogen) atoms. The third-order valence-corrected chi connectivity index (χ3v) is 2.46. The summed E-state index contributed by atoms with van der Waals surface area (Å²) < 4.78 is 27.6. The average Bonchev–Trinajstić information content (AvgIpc) is 2.76. The zero-order valence-electron chi connectivity index (χ0n) is 9.61. The fourth-order valence-electron chi connectivity index (χ4n) is 1.54. The molecule has 96 valence electrons. The summed E-state index contributed by atoms with van der Waals surface area (Å²) in [5.74, 6) is -1.17. The van der Waals surface area contributed by atoms with Crippen molar-refractivity contribution in [2.75, 3.05) is 11.9 Å². The number of aliphatic hydroxyl groups excluding tert-OH is 1. The van der Waals surface area contributed by atoms with Gasteiger partial charge in [0.25, 0.3) is 0 Å². The number of anilines is 1. The van der Waals surface area contributed by atoms with E-state index in [4.69, 9.17) is 5.11 Å². The van der Waals surface area contributed by atoms with Crippen molar-refractivity contribution in [2.45, 2.75) is 13.1 Å². The average molecular weight is 253 g/mol. The number of benzene rings is 1. The van der Waals surface area contributed by atoms with E-state index in [1.54, 1.807) is 17.1 Å². The van der Waals surface area contributed by atoms with Crippen LogP contribution in [0.15, 0.2) is 30.6 Å². The van der Waals surface area contributed by atoms with Crippen LogP contribution in [-0.2, 0) is 13.1 Å². The first-order valence-corrected chi connectivity index (χ1v) is 5.50. The molecule has 6 heteroatoms. The van der Waals surface area contributed by atoms with Gasteiger partial charge >= 0.3 is 0 Å². The van der Waals surface area contributed by atoms with Crippen molar-refractivity contribution in [1.82, 2.24) is 9.78 Å². The number of aliphatic hydroxyl groups is 1. The summed E-state index contributed by atoms with van der Waals surface area (Å²) in [5.41, 5.74) is 1.10. The Morgan fingerprint density at radius 1 is 1.33 bits per heavy atom. The van der Waals surface area contributed by atoms with E-state index in [9.17, 15) is 8.78 Å². The Bertz CT molecular complexity index is 528. The second-order valence-corrected chi connectivity index (χ2v) is 3.80. The third-order valence-electron chi connectivity index (χ3n) is 2.46. The molecule has 0 aliphatic carbocycles. The number of rotatable bonds is 5. The van der Waals surface area contributed by atoms with Crippen molar-refractivity contribution in [3.63, 3.8) is 0 Å². The molecule has 0 spiro atoms. The van der Waals surface area contributed by atoms with Crippen molar-refractivity contribution < 1.29 is 13.9 Å². The SMILES string of the molecule is OCCn1cc(NCc2ccc(F)cc2F)cn1. The minimum Gasteiger partial charge on any atom is -0.394 e. The zero-order valence-corrected chi connectivity index (χ0v) is 9.61. The highest BCUT2D eigenvalue weighted by Gasteiger charge is 2.04. The maximum Gasteiger partial charge on any atom is 0.131 e. The lowest BCUT2D eigenvalue weighted by molar-refractivity contribution is 0.269. The molecule has 2 N–H and O–H groups in total. The Morgan fingerprint density at radius 3 is 2.89 bits per heavy atom. The van der Waals surface area contributed by atoms with E-state index in [1.165, 1.54) is 12.1 Å². The maximum absolute atomic E-state index is 13.3. The van der Waals surface area contributed by atoms with Crippen LogP contribution in [0.4, 0.5) is 14.5 Å². The highest BCUT2D eigenvalue weighted by Crippen LogP contribution is 2.12. The van der Waals surface area contributed by atoms with Crippen LogP contribution < -0.4 is 5.32 Å². The van der Waals surface area contributed by atoms with Crippen LogP contribution in [0, 0.1) is 11.6 Å². The van der Waals surface area contributed by atoms with E-state index in [1.807, 2.05) is 0 Å². The van der Waals surface area contributed by atoms with Gasteiger partial charge in [-0.25, -0.2) is 8.78 Å². The molecular formula is C12H13F2N3O. The summed E-state index contributed by atoms with van der Waals surface area (Å²) in [4.78, 5) is 0. The van der Waals surface area contributed by atoms with E-state index in [-0.39, 0.29) is 13.2 Å². The summed E-state index contributed by atoms with van der Waals surface area (Å²) in [7, 11) is 0. The van der Waals surface area contributed by atoms with Crippen LogP contribution in [-0.4, -0.2) is 21.5 Å².